The van der Waals surface area contributed by atoms with Gasteiger partial charge in [0, 0.05) is 18.4 Å². The highest BCUT2D eigenvalue weighted by molar-refractivity contribution is 5.79. The van der Waals surface area contributed by atoms with Crippen molar-refractivity contribution in [3.63, 3.8) is 0 Å². The molecule has 17 heavy (non-hydrogen) atoms. The van der Waals surface area contributed by atoms with Gasteiger partial charge in [0.1, 0.15) is 12.2 Å². The van der Waals surface area contributed by atoms with E-state index in [2.05, 4.69) is 0 Å². The lowest BCUT2D eigenvalue weighted by Gasteiger charge is -2.22. The number of hydrogen-bond donors (Lipinski definition) is 1. The molecule has 0 spiro atoms. The van der Waals surface area contributed by atoms with Gasteiger partial charge >= 0.3 is 5.97 Å². The van der Waals surface area contributed by atoms with E-state index in [-0.39, 0.29) is 24.1 Å². The molecule has 2 heterocycles. The quantitative estimate of drug-likeness (QED) is 0.770. The Morgan fingerprint density at radius 1 is 1.35 bits per heavy atom. The molecule has 0 amide bonds. The van der Waals surface area contributed by atoms with Crippen LogP contribution < -0.4 is 0 Å². The largest absolute Gasteiger partial charge is 0.481 e. The van der Waals surface area contributed by atoms with E-state index < -0.39 is 5.41 Å². The summed E-state index contributed by atoms with van der Waals surface area (Å²) < 4.78 is 10.5. The molecule has 3 atom stereocenters. The van der Waals surface area contributed by atoms with Gasteiger partial charge in [0.25, 0.3) is 5.95 Å². The molecular weight excluding hydrogens is 220 g/mol. The number of rotatable bonds is 3. The molecule has 2 aliphatic heterocycles. The topological polar surface area (TPSA) is 55.8 Å². The van der Waals surface area contributed by atoms with Gasteiger partial charge in [-0.15, -0.1) is 0 Å². The Kier molecular flexibility index (Phi) is 3.06. The van der Waals surface area contributed by atoms with Crippen LogP contribution in [0, 0.1) is 5.41 Å². The van der Waals surface area contributed by atoms with Crippen LogP contribution in [0.5, 0.6) is 0 Å². The van der Waals surface area contributed by atoms with Gasteiger partial charge in [-0.25, -0.2) is 0 Å². The predicted octanol–water partition coefficient (Wildman–Crippen LogP) is 2.69. The Hall–Kier alpha value is -1.19. The first-order valence-electron chi connectivity index (χ1n) is 6.25. The van der Waals surface area contributed by atoms with Crippen LogP contribution in [0.2, 0.25) is 0 Å². The minimum absolute atomic E-state index is 0.00810. The summed E-state index contributed by atoms with van der Waals surface area (Å²) >= 11 is 0. The van der Waals surface area contributed by atoms with Gasteiger partial charge in [-0.05, 0) is 26.7 Å². The first-order valence-corrected chi connectivity index (χ1v) is 6.25. The Morgan fingerprint density at radius 3 is 2.47 bits per heavy atom. The molecule has 4 heteroatoms. The van der Waals surface area contributed by atoms with Crippen LogP contribution in [0.4, 0.5) is 0 Å². The highest BCUT2D eigenvalue weighted by atomic mass is 16.6. The molecule has 0 aliphatic carbocycles. The third-order valence-corrected chi connectivity index (χ3v) is 3.80. The molecule has 0 bridgehead atoms. The Bertz CT molecular complexity index is 360. The van der Waals surface area contributed by atoms with E-state index in [9.17, 15) is 9.90 Å². The van der Waals surface area contributed by atoms with Crippen molar-refractivity contribution in [1.82, 2.24) is 0 Å². The minimum Gasteiger partial charge on any atom is -0.481 e. The number of carbonyl (C=O) groups excluding carboxylic acids is 1. The van der Waals surface area contributed by atoms with Crippen LogP contribution in [0.1, 0.15) is 46.5 Å². The smallest absolute Gasteiger partial charge is 0.312 e. The molecule has 0 aromatic carbocycles. The van der Waals surface area contributed by atoms with Gasteiger partial charge in [-0.3, -0.25) is 4.79 Å². The third kappa shape index (κ3) is 2.13. The number of ether oxygens (including phenoxy) is 2. The van der Waals surface area contributed by atoms with Crippen molar-refractivity contribution in [2.75, 3.05) is 0 Å². The zero-order chi connectivity index (χ0) is 12.6. The van der Waals surface area contributed by atoms with Crippen molar-refractivity contribution in [1.29, 1.82) is 0 Å². The average Bonchev–Trinajstić information content (AvgIpc) is 2.69. The number of esters is 1. The van der Waals surface area contributed by atoms with Gasteiger partial charge < -0.3 is 14.6 Å². The Morgan fingerprint density at radius 2 is 2.06 bits per heavy atom. The number of aliphatic hydroxyl groups is 1. The molecule has 2 unspecified atom stereocenters. The summed E-state index contributed by atoms with van der Waals surface area (Å²) in [5.41, 5.74) is 0.390. The standard InChI is InChI=1S/C13H20O4/c1-4-13(6-9(3)17-12(13)15)7-10-5-8(2)16-11(10)14/h8-9,14H,4-7H2,1-3H3/t8?,9?,13-/m0/s1. The summed E-state index contributed by atoms with van der Waals surface area (Å²) in [5, 5.41) is 9.69. The number of carbonyl (C=O) groups is 1. The van der Waals surface area contributed by atoms with Crippen LogP contribution in [-0.4, -0.2) is 23.3 Å². The summed E-state index contributed by atoms with van der Waals surface area (Å²) in [5.74, 6) is -0.120. The minimum atomic E-state index is -0.462. The Labute approximate surface area is 102 Å². The summed E-state index contributed by atoms with van der Waals surface area (Å²) in [6, 6.07) is 0. The second kappa shape index (κ2) is 4.24. The van der Waals surface area contributed by atoms with E-state index >= 15 is 0 Å². The zero-order valence-corrected chi connectivity index (χ0v) is 10.7. The molecular formula is C13H20O4. The van der Waals surface area contributed by atoms with Gasteiger partial charge in [-0.1, -0.05) is 6.92 Å². The molecule has 0 radical (unpaired) electrons. The van der Waals surface area contributed by atoms with E-state index in [0.29, 0.717) is 12.8 Å². The van der Waals surface area contributed by atoms with E-state index in [0.717, 1.165) is 18.4 Å². The highest BCUT2D eigenvalue weighted by Crippen LogP contribution is 2.44. The lowest BCUT2D eigenvalue weighted by molar-refractivity contribution is -0.148. The van der Waals surface area contributed by atoms with Crippen molar-refractivity contribution < 1.29 is 19.4 Å². The van der Waals surface area contributed by atoms with Gasteiger partial charge in [0.2, 0.25) is 0 Å². The normalized spacial score (nSPS) is 37.2. The maximum atomic E-state index is 11.9. The molecule has 2 aliphatic rings. The maximum Gasteiger partial charge on any atom is 0.312 e. The first kappa shape index (κ1) is 12.3. The van der Waals surface area contributed by atoms with Crippen molar-refractivity contribution in [3.05, 3.63) is 11.5 Å². The van der Waals surface area contributed by atoms with E-state index in [4.69, 9.17) is 9.47 Å². The van der Waals surface area contributed by atoms with Crippen molar-refractivity contribution >= 4 is 5.97 Å². The fraction of sp³-hybridized carbons (Fsp3) is 0.769. The first-order chi connectivity index (χ1) is 7.97. The van der Waals surface area contributed by atoms with Crippen molar-refractivity contribution in [3.8, 4) is 0 Å². The third-order valence-electron chi connectivity index (χ3n) is 3.80. The van der Waals surface area contributed by atoms with Crippen LogP contribution in [-0.2, 0) is 14.3 Å². The summed E-state index contributed by atoms with van der Waals surface area (Å²) in [6.45, 7) is 5.82. The van der Waals surface area contributed by atoms with Gasteiger partial charge in [0.15, 0.2) is 0 Å². The monoisotopic (exact) mass is 240 g/mol. The molecule has 1 fully saturated rings. The molecule has 1 N–H and O–H groups in total. The maximum absolute atomic E-state index is 11.9. The fourth-order valence-corrected chi connectivity index (χ4v) is 2.85. The highest BCUT2D eigenvalue weighted by Gasteiger charge is 2.47. The molecule has 96 valence electrons. The van der Waals surface area contributed by atoms with Gasteiger partial charge in [0.05, 0.1) is 5.41 Å². The molecule has 1 saturated heterocycles. The summed E-state index contributed by atoms with van der Waals surface area (Å²) in [6.07, 6.45) is 2.71. The van der Waals surface area contributed by atoms with E-state index in [1.165, 1.54) is 0 Å². The van der Waals surface area contributed by atoms with Crippen LogP contribution in [0.3, 0.4) is 0 Å². The van der Waals surface area contributed by atoms with Crippen molar-refractivity contribution in [2.24, 2.45) is 5.41 Å². The molecule has 0 saturated carbocycles. The van der Waals surface area contributed by atoms with Crippen LogP contribution >= 0.6 is 0 Å². The number of aliphatic hydroxyl groups excluding tert-OH is 1. The van der Waals surface area contributed by atoms with Crippen molar-refractivity contribution in [2.45, 2.75) is 58.7 Å². The number of hydrogen-bond acceptors (Lipinski definition) is 4. The van der Waals surface area contributed by atoms with Crippen LogP contribution in [0.25, 0.3) is 0 Å². The predicted molar refractivity (Wildman–Crippen MR) is 62.3 cm³/mol. The molecule has 0 aromatic rings. The van der Waals surface area contributed by atoms with E-state index in [1.807, 2.05) is 20.8 Å². The molecule has 4 nitrogen and oxygen atoms in total. The van der Waals surface area contributed by atoms with Gasteiger partial charge in [-0.2, -0.15) is 0 Å². The van der Waals surface area contributed by atoms with Crippen LogP contribution in [0.15, 0.2) is 11.5 Å². The Balaban J connectivity index is 2.16. The fourth-order valence-electron chi connectivity index (χ4n) is 2.85. The lowest BCUT2D eigenvalue weighted by atomic mass is 9.76. The second-order valence-corrected chi connectivity index (χ2v) is 5.27. The summed E-state index contributed by atoms with van der Waals surface area (Å²) in [7, 11) is 0. The molecule has 2 rings (SSSR count). The SMILES string of the molecule is CC[C@@]1(CC2=C(O)OC(C)C2)CC(C)OC1=O. The lowest BCUT2D eigenvalue weighted by Crippen LogP contribution is -2.26. The zero-order valence-electron chi connectivity index (χ0n) is 10.7. The van der Waals surface area contributed by atoms with E-state index in [1.54, 1.807) is 0 Å². The average molecular weight is 240 g/mol. The second-order valence-electron chi connectivity index (χ2n) is 5.27. The number of cyclic esters (lactones) is 1. The molecule has 0 aromatic heterocycles. The summed E-state index contributed by atoms with van der Waals surface area (Å²) in [4.78, 5) is 11.9.